The third-order valence-corrected chi connectivity index (χ3v) is 8.05. The highest BCUT2D eigenvalue weighted by Crippen LogP contribution is 2.38. The Balaban J connectivity index is 1.36. The lowest BCUT2D eigenvalue weighted by Crippen LogP contribution is -2.46. The van der Waals surface area contributed by atoms with Gasteiger partial charge in [0.2, 0.25) is 0 Å². The molecule has 196 valence electrons. The molecule has 2 saturated heterocycles. The van der Waals surface area contributed by atoms with Crippen LogP contribution in [0.1, 0.15) is 49.6 Å². The minimum Gasteiger partial charge on any atom is -0.491 e. The van der Waals surface area contributed by atoms with Gasteiger partial charge in [0, 0.05) is 35.8 Å². The van der Waals surface area contributed by atoms with Gasteiger partial charge in [0.05, 0.1) is 28.6 Å². The highest BCUT2D eigenvalue weighted by molar-refractivity contribution is 6.33. The number of aromatic nitrogens is 3. The maximum absolute atomic E-state index is 6.68. The molecule has 37 heavy (non-hydrogen) atoms. The van der Waals surface area contributed by atoms with E-state index in [1.165, 1.54) is 12.8 Å². The fourth-order valence-electron chi connectivity index (χ4n) is 5.42. The molecule has 1 unspecified atom stereocenters. The van der Waals surface area contributed by atoms with E-state index in [9.17, 15) is 0 Å². The van der Waals surface area contributed by atoms with Gasteiger partial charge < -0.3 is 19.3 Å². The Kier molecular flexibility index (Phi) is 6.59. The van der Waals surface area contributed by atoms with E-state index in [2.05, 4.69) is 29.2 Å². The van der Waals surface area contributed by atoms with Crippen LogP contribution in [0.3, 0.4) is 0 Å². The maximum atomic E-state index is 6.68. The van der Waals surface area contributed by atoms with E-state index in [0.717, 1.165) is 71.7 Å². The monoisotopic (exact) mass is 523 g/mol. The second-order valence-corrected chi connectivity index (χ2v) is 11.1. The van der Waals surface area contributed by atoms with Crippen molar-refractivity contribution in [3.8, 4) is 28.4 Å². The molecule has 1 N–H and O–H groups in total. The van der Waals surface area contributed by atoms with Gasteiger partial charge in [-0.3, -0.25) is 4.90 Å². The van der Waals surface area contributed by atoms with Crippen molar-refractivity contribution >= 4 is 17.4 Å². The molecule has 9 heteroatoms. The smallest absolute Gasteiger partial charge is 0.163 e. The molecule has 1 aliphatic carbocycles. The second-order valence-electron chi connectivity index (χ2n) is 10.7. The Morgan fingerprint density at radius 2 is 1.97 bits per heavy atom. The summed E-state index contributed by atoms with van der Waals surface area (Å²) < 4.78 is 16.7. The first-order valence-electron chi connectivity index (χ1n) is 13.3. The molecule has 3 fully saturated rings. The standard InChI is InChI=1S/C28H34ClN5O3/c1-15-11-19(9-10-34(15)20-5-6-20)30-27-16(2)26(25-17(3)33-37-18(25)4)31-28(32-27)23-12-21(7-8-24(23)29)35-13-22-14-36-22/h7-8,12,15,19-20,22H,5-6,9-11,13-14H2,1-4H3,(H,30,31,32)/t15-,19-,22?/m0/s1. The molecule has 6 rings (SSSR count). The first-order chi connectivity index (χ1) is 17.9. The van der Waals surface area contributed by atoms with Crippen LogP contribution < -0.4 is 10.1 Å². The number of aryl methyl sites for hydroxylation is 2. The number of benzene rings is 1. The molecule has 1 aromatic carbocycles. The van der Waals surface area contributed by atoms with Crippen molar-refractivity contribution in [1.82, 2.24) is 20.0 Å². The number of rotatable bonds is 8. The van der Waals surface area contributed by atoms with E-state index in [0.29, 0.717) is 35.3 Å². The quantitative estimate of drug-likeness (QED) is 0.383. The van der Waals surface area contributed by atoms with Gasteiger partial charge >= 0.3 is 0 Å². The largest absolute Gasteiger partial charge is 0.491 e. The van der Waals surface area contributed by atoms with Crippen molar-refractivity contribution in [2.45, 2.75) is 77.6 Å². The molecule has 4 heterocycles. The zero-order valence-corrected chi connectivity index (χ0v) is 22.6. The minimum atomic E-state index is 0.172. The Hall–Kier alpha value is -2.68. The van der Waals surface area contributed by atoms with E-state index in [1.807, 2.05) is 32.0 Å². The van der Waals surface area contributed by atoms with E-state index in [1.54, 1.807) is 0 Å². The lowest BCUT2D eigenvalue weighted by molar-refractivity contribution is 0.144. The molecule has 0 amide bonds. The van der Waals surface area contributed by atoms with E-state index < -0.39 is 0 Å². The van der Waals surface area contributed by atoms with E-state index >= 15 is 0 Å². The van der Waals surface area contributed by atoms with Crippen LogP contribution in [-0.2, 0) is 4.74 Å². The molecule has 0 spiro atoms. The highest BCUT2D eigenvalue weighted by Gasteiger charge is 2.36. The van der Waals surface area contributed by atoms with Crippen LogP contribution >= 0.6 is 11.6 Å². The molecule has 3 aliphatic rings. The van der Waals surface area contributed by atoms with Crippen molar-refractivity contribution < 1.29 is 14.0 Å². The van der Waals surface area contributed by atoms with Gasteiger partial charge in [-0.1, -0.05) is 16.8 Å². The number of halogens is 1. The number of ether oxygens (including phenoxy) is 2. The molecular weight excluding hydrogens is 490 g/mol. The van der Waals surface area contributed by atoms with Gasteiger partial charge in [-0.15, -0.1) is 0 Å². The number of nitrogens with zero attached hydrogens (tertiary/aromatic N) is 4. The maximum Gasteiger partial charge on any atom is 0.163 e. The van der Waals surface area contributed by atoms with Gasteiger partial charge in [0.25, 0.3) is 0 Å². The van der Waals surface area contributed by atoms with Crippen LogP contribution in [0.4, 0.5) is 5.82 Å². The predicted molar refractivity (Wildman–Crippen MR) is 143 cm³/mol. The van der Waals surface area contributed by atoms with Crippen LogP contribution in [0.2, 0.25) is 5.02 Å². The third kappa shape index (κ3) is 5.19. The number of hydrogen-bond donors (Lipinski definition) is 1. The summed E-state index contributed by atoms with van der Waals surface area (Å²) in [4.78, 5) is 12.7. The number of piperidine rings is 1. The second kappa shape index (κ2) is 9.89. The van der Waals surface area contributed by atoms with Gasteiger partial charge in [0.1, 0.15) is 30.0 Å². The molecule has 2 aliphatic heterocycles. The summed E-state index contributed by atoms with van der Waals surface area (Å²) in [6.07, 6.45) is 5.03. The van der Waals surface area contributed by atoms with Crippen LogP contribution in [-0.4, -0.2) is 64.0 Å². The fraction of sp³-hybridized carbons (Fsp3) is 0.536. The normalized spacial score (nSPS) is 23.8. The summed E-state index contributed by atoms with van der Waals surface area (Å²) in [5.74, 6) is 2.82. The molecule has 2 aromatic heterocycles. The minimum absolute atomic E-state index is 0.172. The topological polar surface area (TPSA) is 88.8 Å². The summed E-state index contributed by atoms with van der Waals surface area (Å²) in [5, 5.41) is 8.53. The first kappa shape index (κ1) is 24.6. The predicted octanol–water partition coefficient (Wildman–Crippen LogP) is 5.58. The van der Waals surface area contributed by atoms with Crippen molar-refractivity contribution in [2.24, 2.45) is 0 Å². The van der Waals surface area contributed by atoms with Gasteiger partial charge in [-0.25, -0.2) is 9.97 Å². The van der Waals surface area contributed by atoms with Crippen molar-refractivity contribution in [1.29, 1.82) is 0 Å². The van der Waals surface area contributed by atoms with Crippen LogP contribution in [0.5, 0.6) is 5.75 Å². The van der Waals surface area contributed by atoms with Crippen molar-refractivity contribution in [2.75, 3.05) is 25.1 Å². The molecule has 0 bridgehead atoms. The number of hydrogen-bond acceptors (Lipinski definition) is 8. The first-order valence-corrected chi connectivity index (χ1v) is 13.6. The van der Waals surface area contributed by atoms with Crippen LogP contribution in [0.15, 0.2) is 22.7 Å². The molecule has 1 saturated carbocycles. The van der Waals surface area contributed by atoms with Crippen molar-refractivity contribution in [3.05, 3.63) is 40.2 Å². The summed E-state index contributed by atoms with van der Waals surface area (Å²) >= 11 is 6.68. The zero-order chi connectivity index (χ0) is 25.7. The van der Waals surface area contributed by atoms with E-state index in [4.69, 9.17) is 35.6 Å². The number of nitrogens with one attached hydrogen (secondary N) is 1. The summed E-state index contributed by atoms with van der Waals surface area (Å²) in [7, 11) is 0. The Labute approximate surface area is 222 Å². The Morgan fingerprint density at radius 3 is 2.65 bits per heavy atom. The Bertz CT molecular complexity index is 1280. The Morgan fingerprint density at radius 1 is 1.16 bits per heavy atom. The summed E-state index contributed by atoms with van der Waals surface area (Å²) in [6, 6.07) is 7.30. The average molecular weight is 524 g/mol. The summed E-state index contributed by atoms with van der Waals surface area (Å²) in [5.41, 5.74) is 4.21. The molecule has 0 radical (unpaired) electrons. The molecule has 8 nitrogen and oxygen atoms in total. The van der Waals surface area contributed by atoms with Crippen LogP contribution in [0, 0.1) is 20.8 Å². The number of epoxide rings is 1. The third-order valence-electron chi connectivity index (χ3n) is 7.72. The average Bonchev–Trinajstić information content (AvgIpc) is 3.80. The highest BCUT2D eigenvalue weighted by atomic mass is 35.5. The lowest BCUT2D eigenvalue weighted by Gasteiger charge is -2.38. The number of likely N-dealkylation sites (tertiary alicyclic amines) is 1. The van der Waals surface area contributed by atoms with Gasteiger partial charge in [0.15, 0.2) is 5.82 Å². The SMILES string of the molecule is Cc1noc(C)c1-c1nc(-c2cc(OCC3CO3)ccc2Cl)nc(N[C@H]2CCN(C3CC3)[C@@H](C)C2)c1C. The van der Waals surface area contributed by atoms with Gasteiger partial charge in [-0.05, 0) is 71.6 Å². The van der Waals surface area contributed by atoms with Crippen LogP contribution in [0.25, 0.3) is 22.6 Å². The zero-order valence-electron chi connectivity index (χ0n) is 21.9. The molecule has 3 atom stereocenters. The lowest BCUT2D eigenvalue weighted by atomic mass is 9.97. The van der Waals surface area contributed by atoms with Gasteiger partial charge in [-0.2, -0.15) is 0 Å². The van der Waals surface area contributed by atoms with E-state index in [-0.39, 0.29) is 6.10 Å². The number of anilines is 1. The summed E-state index contributed by atoms with van der Waals surface area (Å²) in [6.45, 7) is 10.6. The van der Waals surface area contributed by atoms with Crippen molar-refractivity contribution in [3.63, 3.8) is 0 Å². The fourth-order valence-corrected chi connectivity index (χ4v) is 5.63. The molecular formula is C28H34ClN5O3. The molecule has 3 aromatic rings.